The van der Waals surface area contributed by atoms with Crippen LogP contribution in [0.3, 0.4) is 0 Å². The molecule has 8 atom stereocenters. The number of alkyl halides is 2. The van der Waals surface area contributed by atoms with Crippen molar-refractivity contribution in [1.82, 2.24) is 0 Å². The first-order valence-corrected chi connectivity index (χ1v) is 9.81. The summed E-state index contributed by atoms with van der Waals surface area (Å²) in [4.78, 5) is 12.7. The van der Waals surface area contributed by atoms with Crippen molar-refractivity contribution in [3.05, 3.63) is 0 Å². The summed E-state index contributed by atoms with van der Waals surface area (Å²) in [7, 11) is 0. The summed E-state index contributed by atoms with van der Waals surface area (Å²) in [5, 5.41) is 0. The van der Waals surface area contributed by atoms with Crippen LogP contribution in [0.4, 0.5) is 8.78 Å². The van der Waals surface area contributed by atoms with Crippen molar-refractivity contribution in [3.63, 3.8) is 0 Å². The number of halogens is 2. The molecule has 4 heteroatoms. The monoisotopic (exact) mass is 338 g/mol. The van der Waals surface area contributed by atoms with Crippen molar-refractivity contribution in [3.8, 4) is 0 Å². The van der Waals surface area contributed by atoms with Crippen LogP contribution >= 0.6 is 0 Å². The van der Waals surface area contributed by atoms with Gasteiger partial charge in [0.15, 0.2) is 0 Å². The SMILES string of the molecule is CC1CC[C@]23C[C@@]1(F)CC[C@H]2[C@@]12CCC[C@@](C)(C(=O)O1)[C@H]2[C@@H]3CF. The second-order valence-corrected chi connectivity index (χ2v) is 9.83. The van der Waals surface area contributed by atoms with E-state index in [4.69, 9.17) is 4.74 Å². The maximum atomic E-state index is 15.6. The summed E-state index contributed by atoms with van der Waals surface area (Å²) >= 11 is 0. The molecular formula is C20H28F2O2. The fourth-order valence-electron chi connectivity index (χ4n) is 8.20. The first-order valence-electron chi connectivity index (χ1n) is 9.81. The molecule has 24 heavy (non-hydrogen) atoms. The van der Waals surface area contributed by atoms with Gasteiger partial charge in [0.25, 0.3) is 0 Å². The van der Waals surface area contributed by atoms with Gasteiger partial charge in [-0.05, 0) is 69.6 Å². The molecule has 0 aromatic rings. The second kappa shape index (κ2) is 4.35. The second-order valence-electron chi connectivity index (χ2n) is 9.83. The van der Waals surface area contributed by atoms with Crippen LogP contribution in [0.25, 0.3) is 0 Å². The Balaban J connectivity index is 1.68. The van der Waals surface area contributed by atoms with Crippen molar-refractivity contribution >= 4 is 5.97 Å². The number of fused-ring (bicyclic) bond motifs is 1. The van der Waals surface area contributed by atoms with E-state index in [1.165, 1.54) is 0 Å². The van der Waals surface area contributed by atoms with Crippen LogP contribution < -0.4 is 0 Å². The molecule has 5 aliphatic rings. The van der Waals surface area contributed by atoms with Crippen LogP contribution in [0.15, 0.2) is 0 Å². The van der Waals surface area contributed by atoms with E-state index in [1.54, 1.807) is 0 Å². The molecule has 4 bridgehead atoms. The number of esters is 1. The minimum Gasteiger partial charge on any atom is -0.458 e. The molecule has 1 saturated heterocycles. The van der Waals surface area contributed by atoms with E-state index in [-0.39, 0.29) is 35.1 Å². The fraction of sp³-hybridized carbons (Fsp3) is 0.950. The summed E-state index contributed by atoms with van der Waals surface area (Å²) in [6, 6.07) is 0. The van der Waals surface area contributed by atoms with Gasteiger partial charge in [-0.2, -0.15) is 0 Å². The topological polar surface area (TPSA) is 26.3 Å². The number of rotatable bonds is 1. The third-order valence-electron chi connectivity index (χ3n) is 9.21. The van der Waals surface area contributed by atoms with E-state index in [0.717, 1.165) is 38.5 Å². The Morgan fingerprint density at radius 3 is 2.75 bits per heavy atom. The fourth-order valence-corrected chi connectivity index (χ4v) is 8.20. The predicted molar refractivity (Wildman–Crippen MR) is 85.7 cm³/mol. The van der Waals surface area contributed by atoms with Gasteiger partial charge in [-0.15, -0.1) is 0 Å². The Kier molecular flexibility index (Phi) is 2.82. The predicted octanol–water partition coefficient (Wildman–Crippen LogP) is 4.61. The molecular weight excluding hydrogens is 310 g/mol. The third-order valence-corrected chi connectivity index (χ3v) is 9.21. The molecule has 0 aromatic carbocycles. The van der Waals surface area contributed by atoms with Crippen LogP contribution in [0.5, 0.6) is 0 Å². The molecule has 1 unspecified atom stereocenters. The quantitative estimate of drug-likeness (QED) is 0.653. The number of hydrogen-bond acceptors (Lipinski definition) is 2. The highest BCUT2D eigenvalue weighted by atomic mass is 19.1. The smallest absolute Gasteiger partial charge is 0.312 e. The average molecular weight is 338 g/mol. The minimum absolute atomic E-state index is 0.0444. The van der Waals surface area contributed by atoms with E-state index in [0.29, 0.717) is 12.8 Å². The van der Waals surface area contributed by atoms with Crippen LogP contribution in [0, 0.1) is 34.5 Å². The van der Waals surface area contributed by atoms with Gasteiger partial charge in [-0.1, -0.05) is 6.92 Å². The summed E-state index contributed by atoms with van der Waals surface area (Å²) in [6.07, 6.45) is 6.20. The van der Waals surface area contributed by atoms with E-state index in [2.05, 4.69) is 0 Å². The molecule has 4 saturated carbocycles. The molecule has 134 valence electrons. The number of carbonyl (C=O) groups is 1. The molecule has 1 spiro atoms. The van der Waals surface area contributed by atoms with Gasteiger partial charge in [-0.3, -0.25) is 9.18 Å². The number of ether oxygens (including phenoxy) is 1. The van der Waals surface area contributed by atoms with Gasteiger partial charge in [0, 0.05) is 17.8 Å². The largest absolute Gasteiger partial charge is 0.458 e. The first-order chi connectivity index (χ1) is 11.3. The Bertz CT molecular complexity index is 608. The first kappa shape index (κ1) is 15.6. The summed E-state index contributed by atoms with van der Waals surface area (Å²) in [5.74, 6) is -0.128. The molecule has 1 heterocycles. The normalized spacial score (nSPS) is 61.2. The summed E-state index contributed by atoms with van der Waals surface area (Å²) in [5.41, 5.74) is -2.48. The maximum Gasteiger partial charge on any atom is 0.312 e. The molecule has 0 N–H and O–H groups in total. The molecule has 0 amide bonds. The molecule has 5 fully saturated rings. The van der Waals surface area contributed by atoms with E-state index >= 15 is 4.39 Å². The lowest BCUT2D eigenvalue weighted by molar-refractivity contribution is -0.171. The zero-order valence-corrected chi connectivity index (χ0v) is 14.7. The molecule has 5 rings (SSSR count). The van der Waals surface area contributed by atoms with Crippen molar-refractivity contribution in [1.29, 1.82) is 0 Å². The van der Waals surface area contributed by atoms with Crippen molar-refractivity contribution in [2.45, 2.75) is 76.5 Å². The Morgan fingerprint density at radius 2 is 2.00 bits per heavy atom. The highest BCUT2D eigenvalue weighted by Crippen LogP contribution is 2.77. The summed E-state index contributed by atoms with van der Waals surface area (Å²) < 4.78 is 36.1. The lowest BCUT2D eigenvalue weighted by Gasteiger charge is -2.56. The zero-order chi connectivity index (χ0) is 17.0. The standard InChI is InChI=1S/C20H28F2O2/c1-12-4-8-18-11-19(12,22)9-5-14(18)20-7-3-6-17(2,16(23)24-20)15(20)13(18)10-21/h12-15H,3-11H2,1-2H3/t12?,13-,14+,15+,17+,18+,19-,20+/m0/s1. The Hall–Kier alpha value is -0.670. The summed E-state index contributed by atoms with van der Waals surface area (Å²) in [6.45, 7) is 3.58. The average Bonchev–Trinajstić information content (AvgIpc) is 2.83. The molecule has 4 aliphatic carbocycles. The van der Waals surface area contributed by atoms with Crippen molar-refractivity contribution < 1.29 is 18.3 Å². The third kappa shape index (κ3) is 1.44. The Morgan fingerprint density at radius 1 is 1.21 bits per heavy atom. The highest BCUT2D eigenvalue weighted by Gasteiger charge is 2.80. The van der Waals surface area contributed by atoms with Crippen LogP contribution in [-0.2, 0) is 9.53 Å². The lowest BCUT2D eigenvalue weighted by Crippen LogP contribution is -2.55. The van der Waals surface area contributed by atoms with E-state index < -0.39 is 23.4 Å². The van der Waals surface area contributed by atoms with Crippen LogP contribution in [-0.4, -0.2) is 23.9 Å². The Labute approximate surface area is 142 Å². The van der Waals surface area contributed by atoms with Crippen molar-refractivity contribution in [2.24, 2.45) is 34.5 Å². The van der Waals surface area contributed by atoms with Crippen LogP contribution in [0.1, 0.15) is 65.2 Å². The molecule has 2 nitrogen and oxygen atoms in total. The van der Waals surface area contributed by atoms with Crippen molar-refractivity contribution in [2.75, 3.05) is 6.67 Å². The van der Waals surface area contributed by atoms with Gasteiger partial charge < -0.3 is 4.74 Å². The molecule has 1 aliphatic heterocycles. The minimum atomic E-state index is -1.14. The lowest BCUT2D eigenvalue weighted by atomic mass is 9.50. The van der Waals surface area contributed by atoms with Gasteiger partial charge in [0.2, 0.25) is 0 Å². The number of carbonyl (C=O) groups excluding carboxylic acids is 1. The molecule has 0 aromatic heterocycles. The highest BCUT2D eigenvalue weighted by molar-refractivity contribution is 5.81. The zero-order valence-electron chi connectivity index (χ0n) is 14.7. The number of hydrogen-bond donors (Lipinski definition) is 0. The van der Waals surface area contributed by atoms with Gasteiger partial charge in [0.05, 0.1) is 12.1 Å². The van der Waals surface area contributed by atoms with E-state index in [1.807, 2.05) is 13.8 Å². The van der Waals surface area contributed by atoms with Crippen LogP contribution in [0.2, 0.25) is 0 Å². The van der Waals surface area contributed by atoms with Gasteiger partial charge in [-0.25, -0.2) is 4.39 Å². The van der Waals surface area contributed by atoms with Gasteiger partial charge >= 0.3 is 5.97 Å². The maximum absolute atomic E-state index is 15.6. The molecule has 0 radical (unpaired) electrons. The van der Waals surface area contributed by atoms with Gasteiger partial charge in [0.1, 0.15) is 11.3 Å². The van der Waals surface area contributed by atoms with E-state index in [9.17, 15) is 9.18 Å².